The molecule has 7 nitrogen and oxygen atoms in total. The zero-order chi connectivity index (χ0) is 15.3. The number of carboxylic acid groups (broad SMARTS) is 1. The monoisotopic (exact) mass is 304 g/mol. The Balaban J connectivity index is 2.86. The largest absolute Gasteiger partial charge is 0.480 e. The molecule has 1 aliphatic rings. The predicted molar refractivity (Wildman–Crippen MR) is 74.5 cm³/mol. The number of esters is 1. The van der Waals surface area contributed by atoms with Gasteiger partial charge in [-0.05, 0) is 13.3 Å². The van der Waals surface area contributed by atoms with Crippen LogP contribution in [0.5, 0.6) is 0 Å². The molecule has 0 saturated carbocycles. The second kappa shape index (κ2) is 7.37. The van der Waals surface area contributed by atoms with E-state index in [4.69, 9.17) is 0 Å². The predicted octanol–water partition coefficient (Wildman–Crippen LogP) is 0.839. The zero-order valence-electron chi connectivity index (χ0n) is 11.9. The van der Waals surface area contributed by atoms with Gasteiger partial charge in [-0.1, -0.05) is 6.92 Å². The van der Waals surface area contributed by atoms with Crippen molar-refractivity contribution in [1.29, 1.82) is 0 Å². The molecular weight excluding hydrogens is 284 g/mol. The molecule has 0 bridgehead atoms. The van der Waals surface area contributed by atoms with E-state index in [-0.39, 0.29) is 11.9 Å². The Bertz CT molecular complexity index is 390. The fourth-order valence-corrected chi connectivity index (χ4v) is 3.18. The average molecular weight is 304 g/mol. The van der Waals surface area contributed by atoms with E-state index in [1.807, 2.05) is 6.92 Å². The van der Waals surface area contributed by atoms with E-state index in [2.05, 4.69) is 4.74 Å². The summed E-state index contributed by atoms with van der Waals surface area (Å²) in [6.07, 6.45) is 0.676. The number of ether oxygens (including phenoxy) is 1. The first-order valence-corrected chi connectivity index (χ1v) is 7.45. The number of hydrogen-bond acceptors (Lipinski definition) is 5. The summed E-state index contributed by atoms with van der Waals surface area (Å²) in [5.74, 6) is -1.18. The van der Waals surface area contributed by atoms with Gasteiger partial charge >= 0.3 is 18.0 Å². The number of rotatable bonds is 5. The maximum atomic E-state index is 12.5. The van der Waals surface area contributed by atoms with Crippen LogP contribution in [0.2, 0.25) is 0 Å². The molecule has 1 rings (SSSR count). The van der Waals surface area contributed by atoms with Crippen LogP contribution >= 0.6 is 11.8 Å². The van der Waals surface area contributed by atoms with E-state index < -0.39 is 24.0 Å². The molecule has 1 aliphatic heterocycles. The SMILES string of the molecule is CCCN(CC(=O)OC)C(=O)N1C(C)SCC1C(=O)O. The number of urea groups is 1. The van der Waals surface area contributed by atoms with Crippen LogP contribution in [-0.2, 0) is 14.3 Å². The minimum absolute atomic E-state index is 0.163. The summed E-state index contributed by atoms with van der Waals surface area (Å²) in [6, 6.07) is -1.28. The molecule has 0 spiro atoms. The van der Waals surface area contributed by atoms with Gasteiger partial charge in [0.15, 0.2) is 0 Å². The highest BCUT2D eigenvalue weighted by molar-refractivity contribution is 8.00. The molecule has 0 radical (unpaired) electrons. The van der Waals surface area contributed by atoms with E-state index in [1.54, 1.807) is 6.92 Å². The first-order chi connectivity index (χ1) is 9.42. The molecule has 114 valence electrons. The second-order valence-electron chi connectivity index (χ2n) is 4.47. The summed E-state index contributed by atoms with van der Waals surface area (Å²) >= 11 is 1.41. The van der Waals surface area contributed by atoms with Crippen LogP contribution in [0.1, 0.15) is 20.3 Å². The molecule has 0 aromatic heterocycles. The van der Waals surface area contributed by atoms with Gasteiger partial charge in [0.25, 0.3) is 0 Å². The van der Waals surface area contributed by atoms with E-state index >= 15 is 0 Å². The lowest BCUT2D eigenvalue weighted by Gasteiger charge is -2.31. The Morgan fingerprint density at radius 1 is 1.45 bits per heavy atom. The first kappa shape index (κ1) is 16.6. The maximum absolute atomic E-state index is 12.5. The Morgan fingerprint density at radius 2 is 2.10 bits per heavy atom. The Labute approximate surface area is 122 Å². The van der Waals surface area contributed by atoms with Crippen LogP contribution < -0.4 is 0 Å². The van der Waals surface area contributed by atoms with Crippen LogP contribution in [-0.4, -0.2) is 70.2 Å². The van der Waals surface area contributed by atoms with Crippen molar-refractivity contribution in [2.45, 2.75) is 31.7 Å². The van der Waals surface area contributed by atoms with Crippen molar-refractivity contribution >= 4 is 29.7 Å². The lowest BCUT2D eigenvalue weighted by molar-refractivity contribution is -0.141. The number of thioether (sulfide) groups is 1. The van der Waals surface area contributed by atoms with E-state index in [9.17, 15) is 19.5 Å². The highest BCUT2D eigenvalue weighted by Crippen LogP contribution is 2.29. The maximum Gasteiger partial charge on any atom is 0.327 e. The second-order valence-corrected chi connectivity index (χ2v) is 5.82. The molecule has 2 amide bonds. The third-order valence-electron chi connectivity index (χ3n) is 3.04. The van der Waals surface area contributed by atoms with Crippen molar-refractivity contribution in [2.24, 2.45) is 0 Å². The van der Waals surface area contributed by atoms with Crippen molar-refractivity contribution in [1.82, 2.24) is 9.80 Å². The highest BCUT2D eigenvalue weighted by Gasteiger charge is 2.41. The first-order valence-electron chi connectivity index (χ1n) is 6.40. The van der Waals surface area contributed by atoms with E-state index in [0.717, 1.165) is 0 Å². The molecule has 1 heterocycles. The third kappa shape index (κ3) is 3.78. The van der Waals surface area contributed by atoms with Gasteiger partial charge in [-0.15, -0.1) is 11.8 Å². The zero-order valence-corrected chi connectivity index (χ0v) is 12.7. The molecule has 2 atom stereocenters. The number of nitrogens with zero attached hydrogens (tertiary/aromatic N) is 2. The van der Waals surface area contributed by atoms with Crippen LogP contribution in [0.15, 0.2) is 0 Å². The topological polar surface area (TPSA) is 87.2 Å². The van der Waals surface area contributed by atoms with Gasteiger partial charge in [-0.25, -0.2) is 9.59 Å². The van der Waals surface area contributed by atoms with Gasteiger partial charge in [0.2, 0.25) is 0 Å². The molecule has 8 heteroatoms. The number of carbonyl (C=O) groups is 3. The molecule has 0 aromatic carbocycles. The summed E-state index contributed by atoms with van der Waals surface area (Å²) in [7, 11) is 1.26. The van der Waals surface area contributed by atoms with E-state index in [0.29, 0.717) is 18.7 Å². The number of methoxy groups -OCH3 is 1. The summed E-state index contributed by atoms with van der Waals surface area (Å²) in [6.45, 7) is 3.89. The normalized spacial score (nSPS) is 21.6. The van der Waals surface area contributed by atoms with Gasteiger partial charge in [-0.2, -0.15) is 0 Å². The minimum atomic E-state index is -1.02. The molecular formula is C12H20N2O5S. The van der Waals surface area contributed by atoms with Gasteiger partial charge in [0, 0.05) is 12.3 Å². The minimum Gasteiger partial charge on any atom is -0.480 e. The molecule has 0 aliphatic carbocycles. The lowest BCUT2D eigenvalue weighted by atomic mass is 10.3. The Kier molecular flexibility index (Phi) is 6.12. The fraction of sp³-hybridized carbons (Fsp3) is 0.750. The van der Waals surface area contributed by atoms with Gasteiger partial charge < -0.3 is 14.7 Å². The van der Waals surface area contributed by atoms with Gasteiger partial charge in [-0.3, -0.25) is 9.69 Å². The number of carboxylic acids is 1. The standard InChI is InChI=1S/C12H20N2O5S/c1-4-5-13(6-10(15)19-3)12(18)14-8(2)20-7-9(14)11(16)17/h8-9H,4-7H2,1-3H3,(H,16,17). The van der Waals surface area contributed by atoms with Crippen LogP contribution in [0, 0.1) is 0 Å². The number of amides is 2. The molecule has 0 aromatic rings. The van der Waals surface area contributed by atoms with Crippen molar-refractivity contribution in [2.75, 3.05) is 26.0 Å². The molecule has 1 fully saturated rings. The summed E-state index contributed by atoms with van der Waals surface area (Å²) in [4.78, 5) is 37.7. The average Bonchev–Trinajstić information content (AvgIpc) is 2.79. The fourth-order valence-electron chi connectivity index (χ4n) is 2.02. The van der Waals surface area contributed by atoms with E-state index in [1.165, 1.54) is 28.7 Å². The number of aliphatic carboxylic acids is 1. The number of hydrogen-bond donors (Lipinski definition) is 1. The third-order valence-corrected chi connectivity index (χ3v) is 4.26. The van der Waals surface area contributed by atoms with Crippen molar-refractivity contribution < 1.29 is 24.2 Å². The smallest absolute Gasteiger partial charge is 0.327 e. The quantitative estimate of drug-likeness (QED) is 0.757. The summed E-state index contributed by atoms with van der Waals surface area (Å²) in [5, 5.41) is 8.95. The lowest BCUT2D eigenvalue weighted by Crippen LogP contribution is -2.52. The Hall–Kier alpha value is -1.44. The van der Waals surface area contributed by atoms with Crippen LogP contribution in [0.25, 0.3) is 0 Å². The summed E-state index contributed by atoms with van der Waals surface area (Å²) < 4.78 is 4.57. The summed E-state index contributed by atoms with van der Waals surface area (Å²) in [5.41, 5.74) is 0. The molecule has 1 N–H and O–H groups in total. The van der Waals surface area contributed by atoms with Gasteiger partial charge in [0.05, 0.1) is 12.5 Å². The molecule has 20 heavy (non-hydrogen) atoms. The highest BCUT2D eigenvalue weighted by atomic mass is 32.2. The van der Waals surface area contributed by atoms with Crippen LogP contribution in [0.4, 0.5) is 4.79 Å². The molecule has 2 unspecified atom stereocenters. The van der Waals surface area contributed by atoms with Crippen LogP contribution in [0.3, 0.4) is 0 Å². The number of carbonyl (C=O) groups excluding carboxylic acids is 2. The van der Waals surface area contributed by atoms with Crippen molar-refractivity contribution in [3.05, 3.63) is 0 Å². The van der Waals surface area contributed by atoms with Crippen molar-refractivity contribution in [3.63, 3.8) is 0 Å². The van der Waals surface area contributed by atoms with Gasteiger partial charge in [0.1, 0.15) is 12.6 Å². The van der Waals surface area contributed by atoms with Crippen molar-refractivity contribution in [3.8, 4) is 0 Å². The Morgan fingerprint density at radius 3 is 2.60 bits per heavy atom. The molecule has 1 saturated heterocycles.